The van der Waals surface area contributed by atoms with Crippen LogP contribution in [-0.4, -0.2) is 26.3 Å². The Morgan fingerprint density at radius 2 is 2.00 bits per heavy atom. The van der Waals surface area contributed by atoms with Crippen LogP contribution in [0.3, 0.4) is 0 Å². The van der Waals surface area contributed by atoms with Gasteiger partial charge < -0.3 is 14.8 Å². The van der Waals surface area contributed by atoms with Crippen molar-refractivity contribution in [2.24, 2.45) is 0 Å². The third kappa shape index (κ3) is 2.49. The van der Waals surface area contributed by atoms with Crippen molar-refractivity contribution < 1.29 is 9.47 Å². The minimum Gasteiger partial charge on any atom is -0.489 e. The van der Waals surface area contributed by atoms with E-state index in [1.165, 1.54) is 11.1 Å². The summed E-state index contributed by atoms with van der Waals surface area (Å²) >= 11 is 6.45. The van der Waals surface area contributed by atoms with Gasteiger partial charge in [-0.05, 0) is 36.4 Å². The molecule has 0 saturated carbocycles. The molecule has 1 unspecified atom stereocenters. The Bertz CT molecular complexity index is 496. The van der Waals surface area contributed by atoms with E-state index >= 15 is 0 Å². The maximum Gasteiger partial charge on any atom is 0.180 e. The highest BCUT2D eigenvalue weighted by atomic mass is 35.5. The van der Waals surface area contributed by atoms with Crippen molar-refractivity contribution in [3.63, 3.8) is 0 Å². The molecule has 4 heteroatoms. The summed E-state index contributed by atoms with van der Waals surface area (Å²) in [6.45, 7) is 7.90. The van der Waals surface area contributed by atoms with Gasteiger partial charge in [0.1, 0.15) is 0 Å². The lowest BCUT2D eigenvalue weighted by Gasteiger charge is -2.23. The Morgan fingerprint density at radius 1 is 1.25 bits per heavy atom. The van der Waals surface area contributed by atoms with E-state index in [0.29, 0.717) is 30.1 Å². The normalized spacial score (nSPS) is 22.1. The number of fused-ring (bicyclic) bond motifs is 1. The van der Waals surface area contributed by atoms with Crippen molar-refractivity contribution in [2.45, 2.75) is 38.5 Å². The molecule has 1 aromatic carbocycles. The molecule has 20 heavy (non-hydrogen) atoms. The van der Waals surface area contributed by atoms with Crippen LogP contribution in [0.1, 0.15) is 49.7 Å². The molecule has 2 aliphatic rings. The molecule has 2 aliphatic heterocycles. The molecule has 0 aliphatic carbocycles. The summed E-state index contributed by atoms with van der Waals surface area (Å²) in [6, 6.07) is 2.10. The van der Waals surface area contributed by atoms with Crippen molar-refractivity contribution in [1.82, 2.24) is 5.32 Å². The number of hydrogen-bond acceptors (Lipinski definition) is 3. The molecule has 110 valence electrons. The first-order valence-electron chi connectivity index (χ1n) is 7.51. The van der Waals surface area contributed by atoms with Crippen LogP contribution < -0.4 is 14.8 Å². The van der Waals surface area contributed by atoms with Crippen molar-refractivity contribution in [1.29, 1.82) is 0 Å². The molecule has 0 aromatic heterocycles. The molecule has 3 rings (SSSR count). The highest BCUT2D eigenvalue weighted by Gasteiger charge is 2.28. The van der Waals surface area contributed by atoms with E-state index in [1.807, 2.05) is 0 Å². The zero-order chi connectivity index (χ0) is 14.1. The molecule has 2 heterocycles. The average Bonchev–Trinajstić information content (AvgIpc) is 2.83. The van der Waals surface area contributed by atoms with Crippen molar-refractivity contribution in [3.8, 4) is 11.5 Å². The number of hydrogen-bond donors (Lipinski definition) is 1. The maximum atomic E-state index is 6.45. The molecule has 1 saturated heterocycles. The maximum absolute atomic E-state index is 6.45. The highest BCUT2D eigenvalue weighted by Crippen LogP contribution is 2.47. The van der Waals surface area contributed by atoms with Crippen molar-refractivity contribution in [2.75, 3.05) is 26.3 Å². The summed E-state index contributed by atoms with van der Waals surface area (Å²) in [6.07, 6.45) is 2.07. The van der Waals surface area contributed by atoms with E-state index in [0.717, 1.165) is 37.4 Å². The zero-order valence-corrected chi connectivity index (χ0v) is 12.9. The number of nitrogens with one attached hydrogen (secondary N) is 1. The second-order valence-corrected chi connectivity index (χ2v) is 6.32. The van der Waals surface area contributed by atoms with Gasteiger partial charge in [-0.15, -0.1) is 0 Å². The van der Waals surface area contributed by atoms with E-state index in [4.69, 9.17) is 21.1 Å². The first kappa shape index (κ1) is 14.0. The van der Waals surface area contributed by atoms with E-state index < -0.39 is 0 Å². The van der Waals surface area contributed by atoms with Gasteiger partial charge in [-0.3, -0.25) is 0 Å². The molecule has 1 fully saturated rings. The average molecular weight is 296 g/mol. The Balaban J connectivity index is 2.14. The topological polar surface area (TPSA) is 30.5 Å². The van der Waals surface area contributed by atoms with Crippen LogP contribution in [0.25, 0.3) is 0 Å². The lowest BCUT2D eigenvalue weighted by Crippen LogP contribution is -2.11. The molecule has 0 spiro atoms. The van der Waals surface area contributed by atoms with Gasteiger partial charge in [0, 0.05) is 18.5 Å². The molecule has 1 atom stereocenters. The van der Waals surface area contributed by atoms with Gasteiger partial charge in [0.2, 0.25) is 0 Å². The summed E-state index contributed by atoms with van der Waals surface area (Å²) in [4.78, 5) is 0. The summed E-state index contributed by atoms with van der Waals surface area (Å²) < 4.78 is 11.8. The third-order valence-electron chi connectivity index (χ3n) is 4.12. The van der Waals surface area contributed by atoms with Crippen LogP contribution in [-0.2, 0) is 0 Å². The van der Waals surface area contributed by atoms with Crippen LogP contribution in [0.15, 0.2) is 6.07 Å². The molecular weight excluding hydrogens is 274 g/mol. The standard InChI is InChI=1S/C16H22ClNO2/c1-10(2)14-12(11-4-5-18-9-11)8-13(17)15-16(14)20-7-3-6-19-15/h8,10-11,18H,3-7,9H2,1-2H3. The van der Waals surface area contributed by atoms with Gasteiger partial charge in [-0.25, -0.2) is 0 Å². The lowest BCUT2D eigenvalue weighted by atomic mass is 9.87. The second kappa shape index (κ2) is 5.82. The number of benzene rings is 1. The predicted octanol–water partition coefficient (Wildman–Crippen LogP) is 3.70. The van der Waals surface area contributed by atoms with Gasteiger partial charge in [0.25, 0.3) is 0 Å². The molecular formula is C16H22ClNO2. The lowest BCUT2D eigenvalue weighted by molar-refractivity contribution is 0.295. The fourth-order valence-corrected chi connectivity index (χ4v) is 3.44. The monoisotopic (exact) mass is 295 g/mol. The fraction of sp³-hybridized carbons (Fsp3) is 0.625. The van der Waals surface area contributed by atoms with Crippen LogP contribution in [0.4, 0.5) is 0 Å². The first-order valence-corrected chi connectivity index (χ1v) is 7.89. The van der Waals surface area contributed by atoms with Crippen molar-refractivity contribution >= 4 is 11.6 Å². The van der Waals surface area contributed by atoms with E-state index in [-0.39, 0.29) is 0 Å². The fourth-order valence-electron chi connectivity index (χ4n) is 3.18. The van der Waals surface area contributed by atoms with Gasteiger partial charge in [-0.2, -0.15) is 0 Å². The molecule has 0 amide bonds. The largest absolute Gasteiger partial charge is 0.489 e. The summed E-state index contributed by atoms with van der Waals surface area (Å²) in [7, 11) is 0. The van der Waals surface area contributed by atoms with Crippen molar-refractivity contribution in [3.05, 3.63) is 22.2 Å². The minimum atomic E-state index is 0.401. The molecule has 1 N–H and O–H groups in total. The van der Waals surface area contributed by atoms with Crippen LogP contribution >= 0.6 is 11.6 Å². The Kier molecular flexibility index (Phi) is 4.08. The quantitative estimate of drug-likeness (QED) is 0.902. The Hall–Kier alpha value is -0.930. The molecule has 1 aromatic rings. The van der Waals surface area contributed by atoms with E-state index in [1.54, 1.807) is 0 Å². The Labute approximate surface area is 125 Å². The summed E-state index contributed by atoms with van der Waals surface area (Å²) in [5.41, 5.74) is 2.61. The molecule has 3 nitrogen and oxygen atoms in total. The van der Waals surface area contributed by atoms with Gasteiger partial charge >= 0.3 is 0 Å². The van der Waals surface area contributed by atoms with Gasteiger partial charge in [-0.1, -0.05) is 25.4 Å². The highest BCUT2D eigenvalue weighted by molar-refractivity contribution is 6.32. The number of ether oxygens (including phenoxy) is 2. The SMILES string of the molecule is CC(C)c1c(C2CCNC2)cc(Cl)c2c1OCCCO2. The predicted molar refractivity (Wildman–Crippen MR) is 81.4 cm³/mol. The van der Waals surface area contributed by atoms with Gasteiger partial charge in [0.15, 0.2) is 11.5 Å². The second-order valence-electron chi connectivity index (χ2n) is 5.91. The van der Waals surface area contributed by atoms with E-state index in [2.05, 4.69) is 25.2 Å². The molecule has 0 radical (unpaired) electrons. The van der Waals surface area contributed by atoms with Gasteiger partial charge in [0.05, 0.1) is 18.2 Å². The summed E-state index contributed by atoms with van der Waals surface area (Å²) in [5, 5.41) is 4.12. The number of rotatable bonds is 2. The first-order chi connectivity index (χ1) is 9.68. The molecule has 0 bridgehead atoms. The number of halogens is 1. The summed E-state index contributed by atoms with van der Waals surface area (Å²) in [5.74, 6) is 2.55. The minimum absolute atomic E-state index is 0.401. The zero-order valence-electron chi connectivity index (χ0n) is 12.2. The van der Waals surface area contributed by atoms with Crippen LogP contribution in [0.5, 0.6) is 11.5 Å². The Morgan fingerprint density at radius 3 is 2.65 bits per heavy atom. The van der Waals surface area contributed by atoms with E-state index in [9.17, 15) is 0 Å². The van der Waals surface area contributed by atoms with Crippen LogP contribution in [0.2, 0.25) is 5.02 Å². The van der Waals surface area contributed by atoms with Crippen LogP contribution in [0, 0.1) is 0 Å². The smallest absolute Gasteiger partial charge is 0.180 e. The third-order valence-corrected chi connectivity index (χ3v) is 4.40.